The monoisotopic (exact) mass is 293 g/mol. The molecule has 0 unspecified atom stereocenters. The van der Waals surface area contributed by atoms with Crippen molar-refractivity contribution in [3.8, 4) is 0 Å². The molecule has 3 amide bonds. The number of amides is 3. The predicted molar refractivity (Wildman–Crippen MR) is 83.6 cm³/mol. The van der Waals surface area contributed by atoms with Gasteiger partial charge < -0.3 is 20.7 Å². The van der Waals surface area contributed by atoms with Crippen molar-refractivity contribution >= 4 is 23.3 Å². The molecule has 0 aromatic heterocycles. The van der Waals surface area contributed by atoms with Gasteiger partial charge >= 0.3 is 6.03 Å². The first-order chi connectivity index (χ1) is 10.1. The Hall–Kier alpha value is -2.08. The summed E-state index contributed by atoms with van der Waals surface area (Å²) < 4.78 is 4.91. The van der Waals surface area contributed by atoms with Crippen molar-refractivity contribution in [1.29, 1.82) is 0 Å². The lowest BCUT2D eigenvalue weighted by Gasteiger charge is -2.12. The summed E-state index contributed by atoms with van der Waals surface area (Å²) in [6, 6.07) is 5.14. The Kier molecular flexibility index (Phi) is 7.25. The topological polar surface area (TPSA) is 79.5 Å². The number of aryl methyl sites for hydroxylation is 1. The highest BCUT2D eigenvalue weighted by Crippen LogP contribution is 2.20. The Balaban J connectivity index is 2.58. The van der Waals surface area contributed by atoms with Crippen molar-refractivity contribution < 1.29 is 14.3 Å². The van der Waals surface area contributed by atoms with Gasteiger partial charge in [-0.3, -0.25) is 4.79 Å². The van der Waals surface area contributed by atoms with Gasteiger partial charge in [0.15, 0.2) is 0 Å². The molecule has 0 saturated carbocycles. The van der Waals surface area contributed by atoms with Crippen LogP contribution in [0, 0.1) is 6.92 Å². The first-order valence-electron chi connectivity index (χ1n) is 7.01. The van der Waals surface area contributed by atoms with E-state index in [2.05, 4.69) is 16.0 Å². The van der Waals surface area contributed by atoms with Crippen LogP contribution in [0.25, 0.3) is 0 Å². The second-order valence-corrected chi connectivity index (χ2v) is 4.66. The molecule has 0 fully saturated rings. The first kappa shape index (κ1) is 17.0. The fourth-order valence-electron chi connectivity index (χ4n) is 1.67. The van der Waals surface area contributed by atoms with Crippen LogP contribution in [0.1, 0.15) is 25.3 Å². The van der Waals surface area contributed by atoms with Crippen molar-refractivity contribution in [2.24, 2.45) is 0 Å². The van der Waals surface area contributed by atoms with Crippen LogP contribution in [0.2, 0.25) is 0 Å². The molecule has 0 aliphatic heterocycles. The molecule has 0 atom stereocenters. The molecule has 6 heteroatoms. The number of ether oxygens (including phenoxy) is 1. The zero-order valence-corrected chi connectivity index (χ0v) is 12.8. The number of nitrogens with one attached hydrogen (secondary N) is 3. The number of benzene rings is 1. The molecule has 116 valence electrons. The maximum atomic E-state index is 11.8. The second kappa shape index (κ2) is 8.97. The lowest BCUT2D eigenvalue weighted by Crippen LogP contribution is -2.30. The van der Waals surface area contributed by atoms with Gasteiger partial charge in [-0.15, -0.1) is 0 Å². The van der Waals surface area contributed by atoms with Gasteiger partial charge in [-0.1, -0.05) is 13.0 Å². The summed E-state index contributed by atoms with van der Waals surface area (Å²) in [6.45, 7) is 4.84. The van der Waals surface area contributed by atoms with Crippen molar-refractivity contribution in [2.45, 2.75) is 26.7 Å². The fourth-order valence-corrected chi connectivity index (χ4v) is 1.67. The van der Waals surface area contributed by atoms with Gasteiger partial charge in [-0.2, -0.15) is 0 Å². The number of hydrogen-bond donors (Lipinski definition) is 3. The summed E-state index contributed by atoms with van der Waals surface area (Å²) in [7, 11) is 1.62. The molecule has 21 heavy (non-hydrogen) atoms. The van der Waals surface area contributed by atoms with Crippen LogP contribution in [-0.4, -0.2) is 32.2 Å². The highest BCUT2D eigenvalue weighted by Gasteiger charge is 2.06. The van der Waals surface area contributed by atoms with Gasteiger partial charge in [0.2, 0.25) is 5.91 Å². The lowest BCUT2D eigenvalue weighted by molar-refractivity contribution is -0.115. The summed E-state index contributed by atoms with van der Waals surface area (Å²) in [6.07, 6.45) is 1.17. The SMILES string of the molecule is CCC(=O)Nc1ccc(C)c(NC(=O)NCCCOC)c1. The number of anilines is 2. The minimum Gasteiger partial charge on any atom is -0.385 e. The molecule has 0 aliphatic carbocycles. The maximum Gasteiger partial charge on any atom is 0.319 e. The third-order valence-electron chi connectivity index (χ3n) is 2.90. The number of methoxy groups -OCH3 is 1. The summed E-state index contributed by atoms with van der Waals surface area (Å²) in [5.74, 6) is -0.0613. The van der Waals surface area contributed by atoms with Gasteiger partial charge in [0.05, 0.1) is 0 Å². The Bertz CT molecular complexity index is 489. The van der Waals surface area contributed by atoms with E-state index >= 15 is 0 Å². The molecule has 0 spiro atoms. The standard InChI is InChI=1S/C15H23N3O3/c1-4-14(19)17-12-7-6-11(2)13(10-12)18-15(20)16-8-5-9-21-3/h6-7,10H,4-5,8-9H2,1-3H3,(H,17,19)(H2,16,18,20). The minimum atomic E-state index is -0.270. The molecule has 1 rings (SSSR count). The Labute approximate surface area is 125 Å². The van der Waals surface area contributed by atoms with Crippen molar-refractivity contribution in [3.63, 3.8) is 0 Å². The predicted octanol–water partition coefficient (Wildman–Crippen LogP) is 2.50. The molecular formula is C15H23N3O3. The van der Waals surface area contributed by atoms with Crippen LogP contribution < -0.4 is 16.0 Å². The molecule has 0 heterocycles. The second-order valence-electron chi connectivity index (χ2n) is 4.66. The average molecular weight is 293 g/mol. The van der Waals surface area contributed by atoms with Gasteiger partial charge in [-0.05, 0) is 31.0 Å². The average Bonchev–Trinajstić information content (AvgIpc) is 2.47. The lowest BCUT2D eigenvalue weighted by atomic mass is 10.2. The van der Waals surface area contributed by atoms with Crippen molar-refractivity contribution in [2.75, 3.05) is 30.9 Å². The van der Waals surface area contributed by atoms with Gasteiger partial charge in [-0.25, -0.2) is 4.79 Å². The quantitative estimate of drug-likeness (QED) is 0.676. The van der Waals surface area contributed by atoms with E-state index in [4.69, 9.17) is 4.74 Å². The van der Waals surface area contributed by atoms with E-state index in [9.17, 15) is 9.59 Å². The number of carbonyl (C=O) groups excluding carboxylic acids is 2. The normalized spacial score (nSPS) is 10.0. The highest BCUT2D eigenvalue weighted by molar-refractivity contribution is 5.94. The largest absolute Gasteiger partial charge is 0.385 e. The van der Waals surface area contributed by atoms with Crippen molar-refractivity contribution in [1.82, 2.24) is 5.32 Å². The smallest absolute Gasteiger partial charge is 0.319 e. The number of carbonyl (C=O) groups is 2. The van der Waals surface area contributed by atoms with Crippen LogP contribution in [0.4, 0.5) is 16.2 Å². The van der Waals surface area contributed by atoms with E-state index in [0.717, 1.165) is 12.0 Å². The first-order valence-corrected chi connectivity index (χ1v) is 7.01. The zero-order valence-electron chi connectivity index (χ0n) is 12.8. The van der Waals surface area contributed by atoms with Crippen LogP contribution in [-0.2, 0) is 9.53 Å². The summed E-state index contributed by atoms with van der Waals surface area (Å²) in [5, 5.41) is 8.29. The van der Waals surface area contributed by atoms with Crippen molar-refractivity contribution in [3.05, 3.63) is 23.8 Å². The molecule has 1 aromatic rings. The summed E-state index contributed by atoms with van der Waals surface area (Å²) in [4.78, 5) is 23.1. The van der Waals surface area contributed by atoms with E-state index in [1.807, 2.05) is 19.1 Å². The fraction of sp³-hybridized carbons (Fsp3) is 0.467. The Morgan fingerprint density at radius 2 is 2.00 bits per heavy atom. The van der Waals surface area contributed by atoms with Gasteiger partial charge in [0.1, 0.15) is 0 Å². The Morgan fingerprint density at radius 1 is 1.24 bits per heavy atom. The van der Waals surface area contributed by atoms with Gasteiger partial charge in [0, 0.05) is 38.1 Å². The number of rotatable bonds is 7. The van der Waals surface area contributed by atoms with Gasteiger partial charge in [0.25, 0.3) is 0 Å². The summed E-state index contributed by atoms with van der Waals surface area (Å²) >= 11 is 0. The van der Waals surface area contributed by atoms with E-state index in [1.165, 1.54) is 0 Å². The zero-order chi connectivity index (χ0) is 15.7. The van der Waals surface area contributed by atoms with E-state index in [-0.39, 0.29) is 11.9 Å². The molecule has 0 saturated heterocycles. The number of urea groups is 1. The minimum absolute atomic E-state index is 0.0613. The molecule has 3 N–H and O–H groups in total. The molecule has 6 nitrogen and oxygen atoms in total. The van der Waals surface area contributed by atoms with Crippen LogP contribution >= 0.6 is 0 Å². The van der Waals surface area contributed by atoms with Crippen LogP contribution in [0.3, 0.4) is 0 Å². The van der Waals surface area contributed by atoms with E-state index in [1.54, 1.807) is 20.1 Å². The third-order valence-corrected chi connectivity index (χ3v) is 2.90. The molecule has 0 bridgehead atoms. The summed E-state index contributed by atoms with van der Waals surface area (Å²) in [5.41, 5.74) is 2.27. The van der Waals surface area contributed by atoms with E-state index in [0.29, 0.717) is 30.9 Å². The third kappa shape index (κ3) is 6.27. The Morgan fingerprint density at radius 3 is 2.67 bits per heavy atom. The molecular weight excluding hydrogens is 270 g/mol. The van der Waals surface area contributed by atoms with Crippen LogP contribution in [0.5, 0.6) is 0 Å². The van der Waals surface area contributed by atoms with E-state index < -0.39 is 0 Å². The maximum absolute atomic E-state index is 11.8. The molecule has 0 aliphatic rings. The molecule has 0 radical (unpaired) electrons. The highest BCUT2D eigenvalue weighted by atomic mass is 16.5. The number of hydrogen-bond acceptors (Lipinski definition) is 3. The molecule has 1 aromatic carbocycles. The van der Waals surface area contributed by atoms with Crippen LogP contribution in [0.15, 0.2) is 18.2 Å².